The first-order valence-corrected chi connectivity index (χ1v) is 9.89. The Morgan fingerprint density at radius 3 is 2.59 bits per heavy atom. The molecular weight excluding hydrogens is 369 g/mol. The van der Waals surface area contributed by atoms with Gasteiger partial charge in [0.15, 0.2) is 11.6 Å². The molecule has 1 aromatic heterocycles. The van der Waals surface area contributed by atoms with Crippen molar-refractivity contribution in [2.24, 2.45) is 5.92 Å². The summed E-state index contributed by atoms with van der Waals surface area (Å²) in [5.74, 6) is 0.408. The molecule has 1 saturated heterocycles. The fourth-order valence-electron chi connectivity index (χ4n) is 4.08. The van der Waals surface area contributed by atoms with Gasteiger partial charge in [0.25, 0.3) is 0 Å². The highest BCUT2D eigenvalue weighted by molar-refractivity contribution is 5.98. The summed E-state index contributed by atoms with van der Waals surface area (Å²) in [6.45, 7) is 6.22. The molecular formula is C22H24FN5O. The minimum absolute atomic E-state index is 0.0732. The summed E-state index contributed by atoms with van der Waals surface area (Å²) in [7, 11) is 0. The fourth-order valence-corrected chi connectivity index (χ4v) is 4.08. The molecule has 1 fully saturated rings. The van der Waals surface area contributed by atoms with E-state index in [1.165, 1.54) is 12.1 Å². The molecule has 2 aromatic carbocycles. The van der Waals surface area contributed by atoms with E-state index in [-0.39, 0.29) is 17.5 Å². The summed E-state index contributed by atoms with van der Waals surface area (Å²) in [5.41, 5.74) is 3.80. The van der Waals surface area contributed by atoms with Gasteiger partial charge in [0.2, 0.25) is 0 Å². The molecule has 7 heteroatoms. The molecule has 0 N–H and O–H groups in total. The maximum absolute atomic E-state index is 13.2. The number of aryl methyl sites for hydroxylation is 2. The lowest BCUT2D eigenvalue weighted by Crippen LogP contribution is -2.38. The molecule has 0 bridgehead atoms. The Kier molecular flexibility index (Phi) is 5.49. The molecule has 0 unspecified atom stereocenters. The van der Waals surface area contributed by atoms with E-state index in [0.29, 0.717) is 18.7 Å². The number of rotatable bonds is 5. The van der Waals surface area contributed by atoms with Crippen molar-refractivity contribution in [3.63, 3.8) is 0 Å². The van der Waals surface area contributed by atoms with Crippen LogP contribution in [0.1, 0.15) is 40.2 Å². The zero-order valence-corrected chi connectivity index (χ0v) is 16.7. The Bertz CT molecular complexity index is 994. The minimum Gasteiger partial charge on any atom is -0.295 e. The first-order valence-electron chi connectivity index (χ1n) is 9.89. The van der Waals surface area contributed by atoms with E-state index >= 15 is 0 Å². The minimum atomic E-state index is -0.329. The zero-order chi connectivity index (χ0) is 20.4. The van der Waals surface area contributed by atoms with Gasteiger partial charge >= 0.3 is 0 Å². The Labute approximate surface area is 169 Å². The number of Topliss-reactive ketones (excluding diaryl/α,β-unsaturated/α-hetero) is 1. The zero-order valence-electron chi connectivity index (χ0n) is 16.7. The van der Waals surface area contributed by atoms with E-state index in [9.17, 15) is 9.18 Å². The molecule has 4 rings (SSSR count). The highest BCUT2D eigenvalue weighted by Gasteiger charge is 2.28. The van der Waals surface area contributed by atoms with Crippen LogP contribution in [0, 0.1) is 25.6 Å². The van der Waals surface area contributed by atoms with Gasteiger partial charge in [-0.2, -0.15) is 4.68 Å². The van der Waals surface area contributed by atoms with Crippen molar-refractivity contribution in [3.05, 3.63) is 70.8 Å². The smallest absolute Gasteiger partial charge is 0.170 e. The van der Waals surface area contributed by atoms with Gasteiger partial charge in [-0.3, -0.25) is 9.69 Å². The van der Waals surface area contributed by atoms with Crippen LogP contribution in [0.25, 0.3) is 5.69 Å². The molecule has 150 valence electrons. The Morgan fingerprint density at radius 1 is 1.14 bits per heavy atom. The Morgan fingerprint density at radius 2 is 1.86 bits per heavy atom. The number of aromatic nitrogens is 4. The van der Waals surface area contributed by atoms with E-state index in [1.807, 2.05) is 32.0 Å². The second-order valence-corrected chi connectivity index (χ2v) is 7.69. The summed E-state index contributed by atoms with van der Waals surface area (Å²) in [4.78, 5) is 15.1. The maximum Gasteiger partial charge on any atom is 0.170 e. The number of carbonyl (C=O) groups excluding carboxylic acids is 1. The van der Waals surface area contributed by atoms with Crippen LogP contribution in [0.2, 0.25) is 0 Å². The standard InChI is InChI=1S/C22H24FN5O/c1-15-5-3-6-16(2)21(15)28-20(24-25-26-28)14-27-12-4-7-18(13-27)22(29)17-8-10-19(23)11-9-17/h3,5-6,8-11,18H,4,7,12-14H2,1-2H3/t18-/m1/s1. The lowest BCUT2D eigenvalue weighted by molar-refractivity contribution is 0.0807. The quantitative estimate of drug-likeness (QED) is 0.621. The lowest BCUT2D eigenvalue weighted by atomic mass is 9.90. The van der Waals surface area contributed by atoms with Crippen LogP contribution in [0.4, 0.5) is 4.39 Å². The summed E-state index contributed by atoms with van der Waals surface area (Å²) >= 11 is 0. The number of hydrogen-bond donors (Lipinski definition) is 0. The predicted molar refractivity (Wildman–Crippen MR) is 107 cm³/mol. The van der Waals surface area contributed by atoms with Crippen LogP contribution >= 0.6 is 0 Å². The van der Waals surface area contributed by atoms with Crippen molar-refractivity contribution < 1.29 is 9.18 Å². The molecule has 2 heterocycles. The van der Waals surface area contributed by atoms with Gasteiger partial charge in [0, 0.05) is 18.0 Å². The number of tetrazole rings is 1. The summed E-state index contributed by atoms with van der Waals surface area (Å²) in [5, 5.41) is 12.3. The summed E-state index contributed by atoms with van der Waals surface area (Å²) < 4.78 is 15.0. The van der Waals surface area contributed by atoms with E-state index in [1.54, 1.807) is 16.8 Å². The average Bonchev–Trinajstić information content (AvgIpc) is 3.16. The van der Waals surface area contributed by atoms with Crippen molar-refractivity contribution in [3.8, 4) is 5.69 Å². The van der Waals surface area contributed by atoms with E-state index < -0.39 is 0 Å². The van der Waals surface area contributed by atoms with Crippen LogP contribution in [0.15, 0.2) is 42.5 Å². The van der Waals surface area contributed by atoms with Crippen LogP contribution in [-0.4, -0.2) is 44.0 Å². The number of benzene rings is 2. The Balaban J connectivity index is 1.50. The van der Waals surface area contributed by atoms with Crippen LogP contribution in [0.5, 0.6) is 0 Å². The van der Waals surface area contributed by atoms with Gasteiger partial charge in [-0.25, -0.2) is 4.39 Å². The third-order valence-corrected chi connectivity index (χ3v) is 5.56. The van der Waals surface area contributed by atoms with E-state index in [2.05, 4.69) is 20.4 Å². The fraction of sp³-hybridized carbons (Fsp3) is 0.364. The maximum atomic E-state index is 13.2. The normalized spacial score (nSPS) is 17.4. The van der Waals surface area contributed by atoms with E-state index in [0.717, 1.165) is 42.0 Å². The van der Waals surface area contributed by atoms with Gasteiger partial charge < -0.3 is 0 Å². The number of halogens is 1. The van der Waals surface area contributed by atoms with Gasteiger partial charge in [-0.1, -0.05) is 18.2 Å². The van der Waals surface area contributed by atoms with Crippen LogP contribution in [-0.2, 0) is 6.54 Å². The molecule has 29 heavy (non-hydrogen) atoms. The number of likely N-dealkylation sites (tertiary alicyclic amines) is 1. The second kappa shape index (κ2) is 8.21. The summed E-state index contributed by atoms with van der Waals surface area (Å²) in [6, 6.07) is 11.9. The van der Waals surface area contributed by atoms with Gasteiger partial charge in [-0.05, 0) is 79.1 Å². The second-order valence-electron chi connectivity index (χ2n) is 7.69. The van der Waals surface area contributed by atoms with Crippen molar-refractivity contribution >= 4 is 5.78 Å². The molecule has 0 radical (unpaired) electrons. The molecule has 3 aromatic rings. The molecule has 0 saturated carbocycles. The highest BCUT2D eigenvalue weighted by Crippen LogP contribution is 2.24. The monoisotopic (exact) mass is 393 g/mol. The molecule has 1 atom stereocenters. The number of para-hydroxylation sites is 1. The summed E-state index contributed by atoms with van der Waals surface area (Å²) in [6.07, 6.45) is 1.77. The molecule has 0 amide bonds. The van der Waals surface area contributed by atoms with E-state index in [4.69, 9.17) is 0 Å². The molecule has 0 aliphatic carbocycles. The van der Waals surface area contributed by atoms with Crippen molar-refractivity contribution in [1.82, 2.24) is 25.1 Å². The van der Waals surface area contributed by atoms with Crippen molar-refractivity contribution in [2.75, 3.05) is 13.1 Å². The number of hydrogen-bond acceptors (Lipinski definition) is 5. The molecule has 6 nitrogen and oxygen atoms in total. The van der Waals surface area contributed by atoms with Crippen LogP contribution in [0.3, 0.4) is 0 Å². The van der Waals surface area contributed by atoms with Crippen molar-refractivity contribution in [2.45, 2.75) is 33.2 Å². The number of piperidine rings is 1. The Hall–Kier alpha value is -2.93. The lowest BCUT2D eigenvalue weighted by Gasteiger charge is -2.31. The number of nitrogens with zero attached hydrogens (tertiary/aromatic N) is 5. The molecule has 0 spiro atoms. The first-order chi connectivity index (χ1) is 14.0. The van der Waals surface area contributed by atoms with Gasteiger partial charge in [0.1, 0.15) is 5.82 Å². The highest BCUT2D eigenvalue weighted by atomic mass is 19.1. The molecule has 1 aliphatic heterocycles. The van der Waals surface area contributed by atoms with Gasteiger partial charge in [-0.15, -0.1) is 5.10 Å². The predicted octanol–water partition coefficient (Wildman–Crippen LogP) is 3.51. The number of carbonyl (C=O) groups is 1. The number of ketones is 1. The van der Waals surface area contributed by atoms with Gasteiger partial charge in [0.05, 0.1) is 12.2 Å². The van der Waals surface area contributed by atoms with Crippen molar-refractivity contribution in [1.29, 1.82) is 0 Å². The third kappa shape index (κ3) is 4.10. The first kappa shape index (κ1) is 19.4. The van der Waals surface area contributed by atoms with Crippen LogP contribution < -0.4 is 0 Å². The largest absolute Gasteiger partial charge is 0.295 e. The third-order valence-electron chi connectivity index (χ3n) is 5.56. The topological polar surface area (TPSA) is 63.9 Å². The molecule has 1 aliphatic rings. The SMILES string of the molecule is Cc1cccc(C)c1-n1nnnc1CN1CCC[C@@H](C(=O)c2ccc(F)cc2)C1. The average molecular weight is 393 g/mol.